The van der Waals surface area contributed by atoms with Gasteiger partial charge in [0.25, 0.3) is 6.29 Å². The van der Waals surface area contributed by atoms with Gasteiger partial charge in [-0.3, -0.25) is 4.79 Å². The molecule has 1 heteroatoms. The number of rotatable bonds is 13. The van der Waals surface area contributed by atoms with Gasteiger partial charge in [-0.05, 0) is 12.3 Å². The van der Waals surface area contributed by atoms with Crippen LogP contribution in [-0.2, 0) is 4.79 Å². The van der Waals surface area contributed by atoms with Crippen LogP contribution in [0.3, 0.4) is 0 Å². The SMILES string of the molecule is CCCCCCCCCCCCCCCC#C[C]=O. The molecule has 0 aliphatic rings. The third-order valence-electron chi connectivity index (χ3n) is 3.54. The van der Waals surface area contributed by atoms with Gasteiger partial charge in [0.2, 0.25) is 0 Å². The molecule has 0 bridgehead atoms. The number of unbranched alkanes of at least 4 members (excludes halogenated alkanes) is 13. The molecule has 1 nitrogen and oxygen atoms in total. The van der Waals surface area contributed by atoms with E-state index in [2.05, 4.69) is 18.8 Å². The maximum absolute atomic E-state index is 9.84. The van der Waals surface area contributed by atoms with Gasteiger partial charge in [0.15, 0.2) is 0 Å². The highest BCUT2D eigenvalue weighted by molar-refractivity contribution is 5.73. The smallest absolute Gasteiger partial charge is 0.275 e. The van der Waals surface area contributed by atoms with Crippen LogP contribution in [0.1, 0.15) is 96.8 Å². The van der Waals surface area contributed by atoms with E-state index in [9.17, 15) is 4.79 Å². The summed E-state index contributed by atoms with van der Waals surface area (Å²) in [5.74, 6) is 5.14. The Kier molecular flexibility index (Phi) is 16.5. The molecule has 0 aromatic heterocycles. The third kappa shape index (κ3) is 17.2. The maximum atomic E-state index is 9.84. The van der Waals surface area contributed by atoms with Crippen molar-refractivity contribution in [3.05, 3.63) is 0 Å². The van der Waals surface area contributed by atoms with E-state index < -0.39 is 0 Å². The zero-order valence-corrected chi connectivity index (χ0v) is 12.8. The van der Waals surface area contributed by atoms with E-state index in [0.29, 0.717) is 0 Å². The van der Waals surface area contributed by atoms with Crippen LogP contribution in [0, 0.1) is 11.8 Å². The average molecular weight is 263 g/mol. The summed E-state index contributed by atoms with van der Waals surface area (Å²) in [6, 6.07) is 0. The second kappa shape index (κ2) is 17.2. The molecule has 0 atom stereocenters. The van der Waals surface area contributed by atoms with Crippen LogP contribution in [0.25, 0.3) is 0 Å². The Morgan fingerprint density at radius 3 is 1.47 bits per heavy atom. The molecule has 0 saturated carbocycles. The summed E-state index contributed by atoms with van der Waals surface area (Å²) in [5.41, 5.74) is 0. The molecule has 0 fully saturated rings. The minimum absolute atomic E-state index is 0.854. The van der Waals surface area contributed by atoms with Crippen molar-refractivity contribution in [2.45, 2.75) is 96.8 Å². The zero-order chi connectivity index (χ0) is 14.0. The highest BCUT2D eigenvalue weighted by Gasteiger charge is 1.93. The molecule has 19 heavy (non-hydrogen) atoms. The fraction of sp³-hybridized carbons (Fsp3) is 0.833. The first kappa shape index (κ1) is 18.2. The Bertz CT molecular complexity index is 234. The van der Waals surface area contributed by atoms with Gasteiger partial charge in [0, 0.05) is 6.42 Å². The first-order chi connectivity index (χ1) is 9.41. The lowest BCUT2D eigenvalue weighted by Gasteiger charge is -2.02. The summed E-state index contributed by atoms with van der Waals surface area (Å²) < 4.78 is 0. The molecule has 1 radical (unpaired) electrons. The van der Waals surface area contributed by atoms with E-state index in [1.807, 2.05) is 0 Å². The lowest BCUT2D eigenvalue weighted by molar-refractivity contribution is 0.540. The summed E-state index contributed by atoms with van der Waals surface area (Å²) in [6.45, 7) is 2.27. The molecule has 0 heterocycles. The summed E-state index contributed by atoms with van der Waals surface area (Å²) in [7, 11) is 0. The van der Waals surface area contributed by atoms with Crippen LogP contribution < -0.4 is 0 Å². The predicted octanol–water partition coefficient (Wildman–Crippen LogP) is 5.58. The highest BCUT2D eigenvalue weighted by Crippen LogP contribution is 2.12. The van der Waals surface area contributed by atoms with Gasteiger partial charge in [-0.1, -0.05) is 89.9 Å². The van der Waals surface area contributed by atoms with Gasteiger partial charge in [0.1, 0.15) is 0 Å². The number of hydrogen-bond donors (Lipinski definition) is 0. The summed E-state index contributed by atoms with van der Waals surface area (Å²) in [4.78, 5) is 9.84. The van der Waals surface area contributed by atoms with Crippen LogP contribution in [0.2, 0.25) is 0 Å². The number of hydrogen-bond acceptors (Lipinski definition) is 1. The van der Waals surface area contributed by atoms with Crippen molar-refractivity contribution < 1.29 is 4.79 Å². The molecule has 0 aromatic rings. The van der Waals surface area contributed by atoms with Gasteiger partial charge in [-0.15, -0.1) is 0 Å². The monoisotopic (exact) mass is 263 g/mol. The minimum atomic E-state index is 0.854. The molecular formula is C18H31O. The Hall–Kier alpha value is -0.770. The Labute approximate surface area is 120 Å². The lowest BCUT2D eigenvalue weighted by atomic mass is 10.0. The highest BCUT2D eigenvalue weighted by atomic mass is 16.1. The molecule has 0 aromatic carbocycles. The Morgan fingerprint density at radius 2 is 1.05 bits per heavy atom. The van der Waals surface area contributed by atoms with E-state index in [-0.39, 0.29) is 0 Å². The molecule has 0 saturated heterocycles. The van der Waals surface area contributed by atoms with Gasteiger partial charge < -0.3 is 0 Å². The quantitative estimate of drug-likeness (QED) is 0.313. The van der Waals surface area contributed by atoms with Gasteiger partial charge >= 0.3 is 0 Å². The molecule has 0 rings (SSSR count). The minimum Gasteiger partial charge on any atom is -0.275 e. The fourth-order valence-corrected chi connectivity index (χ4v) is 2.33. The van der Waals surface area contributed by atoms with Crippen LogP contribution in [0.4, 0.5) is 0 Å². The maximum Gasteiger partial charge on any atom is 0.284 e. The first-order valence-corrected chi connectivity index (χ1v) is 8.26. The molecule has 0 N–H and O–H groups in total. The normalized spacial score (nSPS) is 9.95. The van der Waals surface area contributed by atoms with Crippen molar-refractivity contribution in [1.29, 1.82) is 0 Å². The van der Waals surface area contributed by atoms with Crippen LogP contribution in [0.15, 0.2) is 0 Å². The van der Waals surface area contributed by atoms with Gasteiger partial charge in [-0.25, -0.2) is 0 Å². The third-order valence-corrected chi connectivity index (χ3v) is 3.54. The second-order valence-electron chi connectivity index (χ2n) is 5.40. The van der Waals surface area contributed by atoms with Crippen molar-refractivity contribution in [3.8, 4) is 11.8 Å². The summed E-state index contributed by atoms with van der Waals surface area (Å²) in [5, 5.41) is 0. The topological polar surface area (TPSA) is 17.1 Å². The van der Waals surface area contributed by atoms with E-state index in [1.165, 1.54) is 77.0 Å². The van der Waals surface area contributed by atoms with Crippen molar-refractivity contribution in [2.75, 3.05) is 0 Å². The molecule has 0 aliphatic carbocycles. The Morgan fingerprint density at radius 1 is 0.632 bits per heavy atom. The molecule has 0 amide bonds. The van der Waals surface area contributed by atoms with Crippen molar-refractivity contribution >= 4 is 6.29 Å². The fourth-order valence-electron chi connectivity index (χ4n) is 2.33. The number of carbonyl (C=O) groups excluding carboxylic acids is 1. The van der Waals surface area contributed by atoms with Crippen LogP contribution in [-0.4, -0.2) is 6.29 Å². The zero-order valence-electron chi connectivity index (χ0n) is 12.8. The largest absolute Gasteiger partial charge is 0.284 e. The summed E-state index contributed by atoms with van der Waals surface area (Å²) >= 11 is 0. The average Bonchev–Trinajstić information content (AvgIpc) is 2.43. The van der Waals surface area contributed by atoms with Crippen LogP contribution >= 0.6 is 0 Å². The summed E-state index contributed by atoms with van der Waals surface area (Å²) in [6.07, 6.45) is 20.3. The van der Waals surface area contributed by atoms with E-state index in [0.717, 1.165) is 12.8 Å². The van der Waals surface area contributed by atoms with E-state index >= 15 is 0 Å². The first-order valence-electron chi connectivity index (χ1n) is 8.26. The molecule has 0 spiro atoms. The predicted molar refractivity (Wildman–Crippen MR) is 83.8 cm³/mol. The lowest BCUT2D eigenvalue weighted by Crippen LogP contribution is -1.82. The van der Waals surface area contributed by atoms with Crippen molar-refractivity contribution in [2.24, 2.45) is 0 Å². The van der Waals surface area contributed by atoms with Crippen molar-refractivity contribution in [3.63, 3.8) is 0 Å². The molecule has 0 aliphatic heterocycles. The molecule has 109 valence electrons. The molecule has 0 unspecified atom stereocenters. The van der Waals surface area contributed by atoms with Crippen molar-refractivity contribution in [1.82, 2.24) is 0 Å². The van der Waals surface area contributed by atoms with Gasteiger partial charge in [0.05, 0.1) is 0 Å². The standard InChI is InChI=1S/C18H31O/c1-2-3-4-5-6-7-8-9-10-11-12-13-14-15-16-17-18-19/h2-15H2,1H3. The van der Waals surface area contributed by atoms with Crippen LogP contribution in [0.5, 0.6) is 0 Å². The van der Waals surface area contributed by atoms with E-state index in [1.54, 1.807) is 6.29 Å². The second-order valence-corrected chi connectivity index (χ2v) is 5.40. The van der Waals surface area contributed by atoms with E-state index in [4.69, 9.17) is 0 Å². The Balaban J connectivity index is 2.97. The molecular weight excluding hydrogens is 232 g/mol. The van der Waals surface area contributed by atoms with Gasteiger partial charge in [-0.2, -0.15) is 0 Å².